The first-order valence-corrected chi connectivity index (χ1v) is 15.5. The van der Waals surface area contributed by atoms with Crippen LogP contribution in [0.5, 0.6) is 0 Å². The quantitative estimate of drug-likeness (QED) is 0.450. The molecule has 0 aromatic heterocycles. The van der Waals surface area contributed by atoms with Crippen LogP contribution in [-0.4, -0.2) is 131 Å². The molecule has 0 aliphatic carbocycles. The van der Waals surface area contributed by atoms with Crippen LogP contribution in [0.4, 0.5) is 0 Å². The summed E-state index contributed by atoms with van der Waals surface area (Å²) in [6.07, 6.45) is 0.702. The molecule has 0 saturated heterocycles. The Morgan fingerprint density at radius 3 is 1.23 bits per heavy atom. The van der Waals surface area contributed by atoms with Crippen LogP contribution in [0.25, 0.3) is 0 Å². The zero-order valence-electron chi connectivity index (χ0n) is 23.1. The molecule has 1 N–H and O–H groups in total. The number of hydrogen-bond donors (Lipinski definition) is 1. The molecule has 0 aliphatic rings. The van der Waals surface area contributed by atoms with Crippen LogP contribution in [0.2, 0.25) is 0 Å². The Kier molecular flexibility index (Phi) is 11.9. The highest BCUT2D eigenvalue weighted by atomic mass is 31.2. The predicted octanol–water partition coefficient (Wildman–Crippen LogP) is 4.26. The molecular weight excluding hydrogens is 449 g/mol. The van der Waals surface area contributed by atoms with Gasteiger partial charge in [0.2, 0.25) is 7.51 Å². The van der Waals surface area contributed by atoms with E-state index >= 15 is 0 Å². The van der Waals surface area contributed by atoms with Gasteiger partial charge in [-0.25, -0.2) is 9.34 Å². The monoisotopic (exact) mass is 500 g/mol. The Hall–Kier alpha value is 0.410. The predicted molar refractivity (Wildman–Crippen MR) is 144 cm³/mol. The highest BCUT2D eigenvalue weighted by molar-refractivity contribution is 7.76. The van der Waals surface area contributed by atoms with Crippen LogP contribution >= 0.6 is 22.4 Å². The minimum atomic E-state index is -2.50. The van der Waals surface area contributed by atoms with Gasteiger partial charge in [-0.1, -0.05) is 0 Å². The molecule has 10 nitrogen and oxygen atoms in total. The summed E-state index contributed by atoms with van der Waals surface area (Å²) in [4.78, 5) is 0. The Labute approximate surface area is 193 Å². The minimum absolute atomic E-state index is 0.219. The third kappa shape index (κ3) is 7.19. The van der Waals surface area contributed by atoms with E-state index < -0.39 is 22.4 Å². The van der Waals surface area contributed by atoms with E-state index in [1.54, 1.807) is 0 Å². The first-order chi connectivity index (χ1) is 13.8. The molecular formula is C18H51N10P3. The largest absolute Gasteiger partial charge is 0.312 e. The summed E-state index contributed by atoms with van der Waals surface area (Å²) in [5.74, 6) is 0. The van der Waals surface area contributed by atoms with E-state index in [2.05, 4.69) is 139 Å². The lowest BCUT2D eigenvalue weighted by atomic mass is 10.1. The smallest absolute Gasteiger partial charge is 0.218 e. The average Bonchev–Trinajstić information content (AvgIpc) is 2.55. The Morgan fingerprint density at radius 2 is 1.00 bits per heavy atom. The van der Waals surface area contributed by atoms with Crippen LogP contribution in [-0.2, 0) is 0 Å². The third-order valence-electron chi connectivity index (χ3n) is 4.66. The van der Waals surface area contributed by atoms with Crippen molar-refractivity contribution >= 4 is 22.4 Å². The lowest BCUT2D eigenvalue weighted by Gasteiger charge is -2.45. The second-order valence-corrected chi connectivity index (χ2v) is 20.1. The van der Waals surface area contributed by atoms with Gasteiger partial charge < -0.3 is 5.32 Å². The number of rotatable bonds is 10. The SMILES string of the molecule is CNCP(=NC(C)(C)C)(N=P(N=P(N(C)C)(N(C)C)N(C)C)(N(C)C)N(C)C)N(C)C. The van der Waals surface area contributed by atoms with Crippen molar-refractivity contribution in [3.05, 3.63) is 0 Å². The minimum Gasteiger partial charge on any atom is -0.312 e. The van der Waals surface area contributed by atoms with Crippen LogP contribution in [0.15, 0.2) is 13.8 Å². The second-order valence-electron chi connectivity index (χ2n) is 9.81. The second kappa shape index (κ2) is 11.7. The molecule has 0 aliphatic heterocycles. The molecule has 31 heavy (non-hydrogen) atoms. The van der Waals surface area contributed by atoms with Crippen molar-refractivity contribution in [3.8, 4) is 0 Å². The summed E-state index contributed by atoms with van der Waals surface area (Å²) in [7, 11) is 20.2. The van der Waals surface area contributed by atoms with E-state index in [0.29, 0.717) is 6.29 Å². The summed E-state index contributed by atoms with van der Waals surface area (Å²) >= 11 is 0. The maximum Gasteiger partial charge on any atom is 0.218 e. The number of hydrogen-bond acceptors (Lipinski definition) is 2. The fraction of sp³-hybridized carbons (Fsp3) is 1.00. The van der Waals surface area contributed by atoms with Gasteiger partial charge in [-0.3, -0.25) is 23.4 Å². The van der Waals surface area contributed by atoms with Crippen molar-refractivity contribution in [1.29, 1.82) is 0 Å². The van der Waals surface area contributed by atoms with Gasteiger partial charge in [0.05, 0.1) is 11.8 Å². The molecule has 0 amide bonds. The van der Waals surface area contributed by atoms with Crippen molar-refractivity contribution < 1.29 is 0 Å². The van der Waals surface area contributed by atoms with Crippen LogP contribution in [0.1, 0.15) is 20.8 Å². The van der Waals surface area contributed by atoms with Gasteiger partial charge in [0.15, 0.2) is 14.9 Å². The van der Waals surface area contributed by atoms with E-state index in [9.17, 15) is 0 Å². The van der Waals surface area contributed by atoms with Crippen LogP contribution in [0, 0.1) is 0 Å². The first kappa shape index (κ1) is 31.4. The van der Waals surface area contributed by atoms with Gasteiger partial charge in [0.1, 0.15) is 0 Å². The summed E-state index contributed by atoms with van der Waals surface area (Å²) in [5, 5.41) is 3.38. The van der Waals surface area contributed by atoms with Gasteiger partial charge in [-0.15, -0.1) is 0 Å². The Morgan fingerprint density at radius 1 is 0.613 bits per heavy atom. The molecule has 0 saturated carbocycles. The Bertz CT molecular complexity index is 693. The van der Waals surface area contributed by atoms with E-state index in [1.807, 2.05) is 7.05 Å². The van der Waals surface area contributed by atoms with Crippen molar-refractivity contribution in [2.75, 3.05) is 97.9 Å². The first-order valence-electron chi connectivity index (χ1n) is 10.5. The molecule has 1 unspecified atom stereocenters. The molecule has 0 fully saturated rings. The van der Waals surface area contributed by atoms with Crippen LogP contribution in [0.3, 0.4) is 0 Å². The van der Waals surface area contributed by atoms with Gasteiger partial charge in [-0.05, 0) is 112 Å². The summed E-state index contributed by atoms with van der Waals surface area (Å²) in [5.41, 5.74) is -0.219. The van der Waals surface area contributed by atoms with Gasteiger partial charge in [0.25, 0.3) is 0 Å². The number of nitrogens with zero attached hydrogens (tertiary/aromatic N) is 9. The third-order valence-corrected chi connectivity index (χ3v) is 17.0. The van der Waals surface area contributed by atoms with E-state index in [1.165, 1.54) is 0 Å². The molecule has 0 radical (unpaired) electrons. The highest BCUT2D eigenvalue weighted by Crippen LogP contribution is 2.73. The van der Waals surface area contributed by atoms with Gasteiger partial charge in [-0.2, -0.15) is 9.03 Å². The topological polar surface area (TPSA) is 68.5 Å². The summed E-state index contributed by atoms with van der Waals surface area (Å²) in [6, 6.07) is 0. The zero-order valence-corrected chi connectivity index (χ0v) is 25.8. The van der Waals surface area contributed by atoms with Crippen molar-refractivity contribution in [1.82, 2.24) is 33.3 Å². The lowest BCUT2D eigenvalue weighted by Crippen LogP contribution is -2.32. The van der Waals surface area contributed by atoms with E-state index in [0.717, 1.165) is 0 Å². The Balaban J connectivity index is 8.00. The molecule has 0 aromatic carbocycles. The average molecular weight is 501 g/mol. The highest BCUT2D eigenvalue weighted by Gasteiger charge is 2.38. The van der Waals surface area contributed by atoms with Crippen molar-refractivity contribution in [2.45, 2.75) is 26.3 Å². The molecule has 0 spiro atoms. The molecule has 0 bridgehead atoms. The summed E-state index contributed by atoms with van der Waals surface area (Å²) < 4.78 is 30.1. The molecule has 188 valence electrons. The normalized spacial score (nSPS) is 16.1. The van der Waals surface area contributed by atoms with Gasteiger partial charge in [0, 0.05) is 0 Å². The maximum absolute atomic E-state index is 5.71. The number of nitrogens with one attached hydrogen (secondary N) is 1. The molecule has 13 heteroatoms. The van der Waals surface area contributed by atoms with Crippen molar-refractivity contribution in [2.24, 2.45) is 13.8 Å². The van der Waals surface area contributed by atoms with Gasteiger partial charge >= 0.3 is 0 Å². The summed E-state index contributed by atoms with van der Waals surface area (Å²) in [6.45, 7) is 6.45. The van der Waals surface area contributed by atoms with E-state index in [4.69, 9.17) is 13.8 Å². The van der Waals surface area contributed by atoms with Crippen LogP contribution < -0.4 is 5.32 Å². The van der Waals surface area contributed by atoms with E-state index in [-0.39, 0.29) is 5.54 Å². The maximum atomic E-state index is 5.71. The lowest BCUT2D eigenvalue weighted by molar-refractivity contribution is 0.472. The molecule has 1 atom stereocenters. The molecule has 0 aromatic rings. The standard InChI is InChI=1S/C18H51N10P3/c1-18(2,3)20-29(17-19-4,23(5)6)21-30(24(7)8,25(9)10)22-31(26(11)12,27(13)14)28(15)16/h19H,17H2,1-16H3. The molecule has 0 heterocycles. The molecule has 0 rings (SSSR count). The van der Waals surface area contributed by atoms with Crippen molar-refractivity contribution in [3.63, 3.8) is 0 Å². The fourth-order valence-corrected chi connectivity index (χ4v) is 17.1. The fourth-order valence-electron chi connectivity index (χ4n) is 3.45. The zero-order chi connectivity index (χ0) is 25.0.